The number of nitrogens with zero attached hydrogens (tertiary/aromatic N) is 1. The zero-order chi connectivity index (χ0) is 23.7. The lowest BCUT2D eigenvalue weighted by atomic mass is 9.91. The van der Waals surface area contributed by atoms with Gasteiger partial charge in [-0.25, -0.2) is 0 Å². The molecule has 0 aliphatic rings. The topological polar surface area (TPSA) is 32.6 Å². The van der Waals surface area contributed by atoms with Crippen molar-refractivity contribution in [1.29, 1.82) is 0 Å². The molecule has 1 N–H and O–H groups in total. The van der Waals surface area contributed by atoms with Gasteiger partial charge < -0.3 is 5.11 Å². The fourth-order valence-electron chi connectivity index (χ4n) is 4.83. The van der Waals surface area contributed by atoms with Gasteiger partial charge in [0.25, 0.3) is 0 Å². The molecule has 0 aromatic heterocycles. The molecule has 5 aromatic carbocycles. The number of phenols is 1. The van der Waals surface area contributed by atoms with Crippen molar-refractivity contribution in [3.05, 3.63) is 108 Å². The minimum Gasteiger partial charge on any atom is -0.507 e. The van der Waals surface area contributed by atoms with E-state index in [2.05, 4.69) is 93.6 Å². The van der Waals surface area contributed by atoms with Gasteiger partial charge in [-0.15, -0.1) is 0 Å². The van der Waals surface area contributed by atoms with E-state index in [4.69, 9.17) is 4.99 Å². The van der Waals surface area contributed by atoms with E-state index in [-0.39, 0.29) is 5.75 Å². The maximum Gasteiger partial charge on any atom is 0.132 e. The molecule has 5 rings (SSSR count). The number of para-hydroxylation sites is 2. The third-order valence-electron chi connectivity index (χ3n) is 6.59. The molecular formula is C32H29NO. The second-order valence-electron chi connectivity index (χ2n) is 9.06. The Morgan fingerprint density at radius 2 is 1.44 bits per heavy atom. The second-order valence-corrected chi connectivity index (χ2v) is 9.06. The van der Waals surface area contributed by atoms with Crippen LogP contribution in [0, 0.1) is 0 Å². The molecule has 2 heteroatoms. The van der Waals surface area contributed by atoms with E-state index in [9.17, 15) is 5.11 Å². The Balaban J connectivity index is 1.70. The quantitative estimate of drug-likeness (QED) is 0.214. The number of phenolic OH excluding ortho intramolecular Hbond substituents is 1. The maximum absolute atomic E-state index is 11.5. The van der Waals surface area contributed by atoms with Crippen LogP contribution < -0.4 is 0 Å². The number of aryl methyl sites for hydroxylation is 1. The van der Waals surface area contributed by atoms with Gasteiger partial charge in [0.1, 0.15) is 5.75 Å². The van der Waals surface area contributed by atoms with E-state index in [0.29, 0.717) is 5.92 Å². The number of hydrogen-bond donors (Lipinski definition) is 1. The summed E-state index contributed by atoms with van der Waals surface area (Å²) in [5.74, 6) is 0.633. The maximum atomic E-state index is 11.5. The van der Waals surface area contributed by atoms with Crippen LogP contribution in [0.5, 0.6) is 5.75 Å². The molecule has 168 valence electrons. The van der Waals surface area contributed by atoms with Gasteiger partial charge in [0, 0.05) is 22.9 Å². The fraction of sp³-hybridized carbons (Fsp3) is 0.156. The summed E-state index contributed by atoms with van der Waals surface area (Å²) >= 11 is 0. The Morgan fingerprint density at radius 3 is 2.09 bits per heavy atom. The molecule has 0 bridgehead atoms. The summed E-state index contributed by atoms with van der Waals surface area (Å²) in [6.07, 6.45) is 2.73. The second kappa shape index (κ2) is 9.15. The summed E-state index contributed by atoms with van der Waals surface area (Å²) in [7, 11) is 0. The molecule has 0 spiro atoms. The summed E-state index contributed by atoms with van der Waals surface area (Å²) in [6.45, 7) is 6.54. The summed E-state index contributed by atoms with van der Waals surface area (Å²) in [5.41, 5.74) is 6.06. The molecule has 5 aromatic rings. The van der Waals surface area contributed by atoms with Crippen LogP contribution in [0.1, 0.15) is 43.4 Å². The fourth-order valence-corrected chi connectivity index (χ4v) is 4.83. The van der Waals surface area contributed by atoms with Crippen molar-refractivity contribution < 1.29 is 5.11 Å². The Kier molecular flexibility index (Phi) is 5.90. The number of aromatic hydroxyl groups is 1. The first kappa shape index (κ1) is 21.9. The lowest BCUT2D eigenvalue weighted by Gasteiger charge is -2.15. The van der Waals surface area contributed by atoms with Crippen molar-refractivity contribution in [2.45, 2.75) is 33.1 Å². The zero-order valence-corrected chi connectivity index (χ0v) is 19.9. The van der Waals surface area contributed by atoms with Gasteiger partial charge in [-0.1, -0.05) is 99.6 Å². The summed E-state index contributed by atoms with van der Waals surface area (Å²) < 4.78 is 0. The molecule has 0 atom stereocenters. The van der Waals surface area contributed by atoms with E-state index in [0.717, 1.165) is 50.3 Å². The predicted molar refractivity (Wildman–Crippen MR) is 146 cm³/mol. The molecule has 34 heavy (non-hydrogen) atoms. The SMILES string of the molecule is CCc1cccc(C(C)C)c1N=Cc1cccc(-c2c3ccccc3cc3ccccc23)c1O. The van der Waals surface area contributed by atoms with Crippen LogP contribution in [0.3, 0.4) is 0 Å². The molecule has 0 saturated carbocycles. The Morgan fingerprint density at radius 1 is 0.794 bits per heavy atom. The Bertz CT molecular complexity index is 1470. The summed E-state index contributed by atoms with van der Waals surface area (Å²) in [4.78, 5) is 4.90. The van der Waals surface area contributed by atoms with E-state index in [1.165, 1.54) is 11.1 Å². The van der Waals surface area contributed by atoms with Gasteiger partial charge in [0.2, 0.25) is 0 Å². The van der Waals surface area contributed by atoms with Crippen molar-refractivity contribution in [3.63, 3.8) is 0 Å². The van der Waals surface area contributed by atoms with Crippen LogP contribution in [0.25, 0.3) is 32.7 Å². The molecule has 0 radical (unpaired) electrons. The predicted octanol–water partition coefficient (Wildman–Crippen LogP) is 8.80. The molecule has 0 saturated heterocycles. The van der Waals surface area contributed by atoms with Gasteiger partial charge in [-0.2, -0.15) is 0 Å². The standard InChI is InChI=1S/C32H29NO/c1-4-22-13-9-17-26(21(2)3)31(22)33-20-25-14-10-18-29(32(25)34)30-27-15-7-5-11-23(27)19-24-12-6-8-16-28(24)30/h5-21,34H,4H2,1-3H3. The average Bonchev–Trinajstić information content (AvgIpc) is 2.86. The highest BCUT2D eigenvalue weighted by Crippen LogP contribution is 2.41. The minimum atomic E-state index is 0.257. The van der Waals surface area contributed by atoms with Crippen LogP contribution in [0.4, 0.5) is 5.69 Å². The smallest absolute Gasteiger partial charge is 0.132 e. The number of aliphatic imine (C=N–C) groups is 1. The normalized spacial score (nSPS) is 11.8. The van der Waals surface area contributed by atoms with Gasteiger partial charge in [0.05, 0.1) is 5.69 Å². The molecular weight excluding hydrogens is 414 g/mol. The van der Waals surface area contributed by atoms with Crippen LogP contribution in [0.15, 0.2) is 96.0 Å². The molecule has 2 nitrogen and oxygen atoms in total. The number of hydrogen-bond acceptors (Lipinski definition) is 2. The van der Waals surface area contributed by atoms with Crippen molar-refractivity contribution >= 4 is 33.4 Å². The first-order valence-corrected chi connectivity index (χ1v) is 12.0. The largest absolute Gasteiger partial charge is 0.507 e. The monoisotopic (exact) mass is 443 g/mol. The first-order valence-electron chi connectivity index (χ1n) is 12.0. The Hall–Kier alpha value is -3.91. The summed E-state index contributed by atoms with van der Waals surface area (Å²) in [5, 5.41) is 16.0. The van der Waals surface area contributed by atoms with E-state index < -0.39 is 0 Å². The van der Waals surface area contributed by atoms with Crippen LogP contribution in [-0.2, 0) is 6.42 Å². The molecule has 0 fully saturated rings. The first-order chi connectivity index (χ1) is 16.6. The lowest BCUT2D eigenvalue weighted by Crippen LogP contribution is -1.94. The highest BCUT2D eigenvalue weighted by Gasteiger charge is 2.15. The van der Waals surface area contributed by atoms with E-state index >= 15 is 0 Å². The third kappa shape index (κ3) is 3.86. The van der Waals surface area contributed by atoms with Gasteiger partial charge in [-0.3, -0.25) is 4.99 Å². The van der Waals surface area contributed by atoms with Crippen LogP contribution >= 0.6 is 0 Å². The van der Waals surface area contributed by atoms with Crippen molar-refractivity contribution in [3.8, 4) is 16.9 Å². The third-order valence-corrected chi connectivity index (χ3v) is 6.59. The highest BCUT2D eigenvalue weighted by atomic mass is 16.3. The van der Waals surface area contributed by atoms with Crippen LogP contribution in [-0.4, -0.2) is 11.3 Å². The lowest BCUT2D eigenvalue weighted by molar-refractivity contribution is 0.476. The van der Waals surface area contributed by atoms with Gasteiger partial charge in [0.15, 0.2) is 0 Å². The average molecular weight is 444 g/mol. The molecule has 0 amide bonds. The zero-order valence-electron chi connectivity index (χ0n) is 19.9. The molecule has 0 aliphatic carbocycles. The minimum absolute atomic E-state index is 0.257. The highest BCUT2D eigenvalue weighted by molar-refractivity contribution is 6.14. The summed E-state index contributed by atoms with van der Waals surface area (Å²) in [6, 6.07) is 31.3. The number of benzene rings is 5. The Labute approximate surface area is 201 Å². The van der Waals surface area contributed by atoms with Crippen LogP contribution in [0.2, 0.25) is 0 Å². The number of fused-ring (bicyclic) bond motifs is 2. The number of rotatable bonds is 5. The van der Waals surface area contributed by atoms with Crippen molar-refractivity contribution in [2.24, 2.45) is 4.99 Å². The molecule has 0 heterocycles. The molecule has 0 unspecified atom stereocenters. The van der Waals surface area contributed by atoms with E-state index in [1.54, 1.807) is 0 Å². The van der Waals surface area contributed by atoms with Crippen molar-refractivity contribution in [1.82, 2.24) is 0 Å². The van der Waals surface area contributed by atoms with E-state index in [1.807, 2.05) is 24.4 Å². The molecule has 0 aliphatic heterocycles. The van der Waals surface area contributed by atoms with Crippen molar-refractivity contribution in [2.75, 3.05) is 0 Å². The van der Waals surface area contributed by atoms with Gasteiger partial charge >= 0.3 is 0 Å². The van der Waals surface area contributed by atoms with Gasteiger partial charge in [-0.05, 0) is 57.1 Å².